The van der Waals surface area contributed by atoms with Gasteiger partial charge in [-0.15, -0.1) is 0 Å². The van der Waals surface area contributed by atoms with Crippen LogP contribution in [0, 0.1) is 5.92 Å². The number of piperidine rings is 1. The summed E-state index contributed by atoms with van der Waals surface area (Å²) in [5.41, 5.74) is 0. The molecule has 1 N–H and O–H groups in total. The molecule has 6 nitrogen and oxygen atoms in total. The van der Waals surface area contributed by atoms with Crippen molar-refractivity contribution in [1.82, 2.24) is 9.80 Å². The topological polar surface area (TPSA) is 70.1 Å². The van der Waals surface area contributed by atoms with Crippen molar-refractivity contribution >= 4 is 12.0 Å². The van der Waals surface area contributed by atoms with E-state index < -0.39 is 5.97 Å². The predicted octanol–water partition coefficient (Wildman–Crippen LogP) is 1.40. The van der Waals surface area contributed by atoms with Crippen LogP contribution in [0.5, 0.6) is 0 Å². The monoisotopic (exact) mass is 284 g/mol. The highest BCUT2D eigenvalue weighted by Gasteiger charge is 2.28. The Bertz CT molecular complexity index is 353. The van der Waals surface area contributed by atoms with E-state index in [1.54, 1.807) is 0 Å². The van der Waals surface area contributed by atoms with E-state index in [1.165, 1.54) is 0 Å². The Labute approximate surface area is 119 Å². The Balaban J connectivity index is 1.75. The number of hydrogen-bond acceptors (Lipinski definition) is 3. The van der Waals surface area contributed by atoms with Crippen LogP contribution < -0.4 is 0 Å². The Morgan fingerprint density at radius 1 is 1.20 bits per heavy atom. The number of ether oxygens (including phenoxy) is 1. The van der Waals surface area contributed by atoms with Gasteiger partial charge in [-0.2, -0.15) is 0 Å². The third kappa shape index (κ3) is 4.10. The molecule has 2 rings (SSSR count). The summed E-state index contributed by atoms with van der Waals surface area (Å²) in [7, 11) is 0. The third-order valence-corrected chi connectivity index (χ3v) is 4.16. The molecule has 0 saturated carbocycles. The minimum absolute atomic E-state index is 0.108. The maximum Gasteiger partial charge on any atom is 0.320 e. The van der Waals surface area contributed by atoms with E-state index in [4.69, 9.17) is 9.84 Å². The van der Waals surface area contributed by atoms with E-state index in [0.717, 1.165) is 32.4 Å². The number of carboxylic acids is 1. The molecular weight excluding hydrogens is 260 g/mol. The van der Waals surface area contributed by atoms with Gasteiger partial charge >= 0.3 is 12.0 Å². The molecule has 2 heterocycles. The first-order chi connectivity index (χ1) is 9.56. The van der Waals surface area contributed by atoms with E-state index in [0.29, 0.717) is 25.6 Å². The summed E-state index contributed by atoms with van der Waals surface area (Å²) in [5, 5.41) is 8.70. The van der Waals surface area contributed by atoms with Crippen LogP contribution in [0.25, 0.3) is 0 Å². The number of likely N-dealkylation sites (tertiary alicyclic amines) is 1. The van der Waals surface area contributed by atoms with Crippen molar-refractivity contribution in [3.8, 4) is 0 Å². The van der Waals surface area contributed by atoms with Crippen LogP contribution in [0.15, 0.2) is 0 Å². The maximum atomic E-state index is 12.4. The largest absolute Gasteiger partial charge is 0.481 e. The molecule has 2 amide bonds. The lowest BCUT2D eigenvalue weighted by molar-refractivity contribution is -0.137. The SMILES string of the molecule is CC1CN(C(=O)N2CCC(CCC(=O)O)CC2)CCO1. The summed E-state index contributed by atoms with van der Waals surface area (Å²) >= 11 is 0. The second-order valence-electron chi connectivity index (χ2n) is 5.77. The van der Waals surface area contributed by atoms with Crippen molar-refractivity contribution in [3.63, 3.8) is 0 Å². The Morgan fingerprint density at radius 2 is 1.90 bits per heavy atom. The van der Waals surface area contributed by atoms with Gasteiger partial charge in [0.05, 0.1) is 12.7 Å². The lowest BCUT2D eigenvalue weighted by atomic mass is 9.92. The maximum absolute atomic E-state index is 12.4. The molecule has 2 saturated heterocycles. The highest BCUT2D eigenvalue weighted by atomic mass is 16.5. The van der Waals surface area contributed by atoms with Crippen LogP contribution in [0.1, 0.15) is 32.6 Å². The lowest BCUT2D eigenvalue weighted by Crippen LogP contribution is -2.52. The molecule has 1 unspecified atom stereocenters. The van der Waals surface area contributed by atoms with Gasteiger partial charge in [0.1, 0.15) is 0 Å². The first kappa shape index (κ1) is 15.1. The summed E-state index contributed by atoms with van der Waals surface area (Å²) in [4.78, 5) is 26.7. The molecule has 2 aliphatic heterocycles. The average molecular weight is 284 g/mol. The fourth-order valence-electron chi connectivity index (χ4n) is 2.93. The molecule has 2 fully saturated rings. The molecule has 20 heavy (non-hydrogen) atoms. The van der Waals surface area contributed by atoms with Crippen LogP contribution in [0.2, 0.25) is 0 Å². The number of hydrogen-bond donors (Lipinski definition) is 1. The molecule has 0 aromatic rings. The standard InChI is InChI=1S/C14H24N2O4/c1-11-10-16(8-9-20-11)14(19)15-6-4-12(5-7-15)2-3-13(17)18/h11-12H,2-10H2,1H3,(H,17,18). The van der Waals surface area contributed by atoms with Crippen molar-refractivity contribution in [1.29, 1.82) is 0 Å². The Morgan fingerprint density at radius 3 is 2.50 bits per heavy atom. The first-order valence-electron chi connectivity index (χ1n) is 7.43. The number of urea groups is 1. The second-order valence-corrected chi connectivity index (χ2v) is 5.77. The molecule has 1 atom stereocenters. The van der Waals surface area contributed by atoms with Gasteiger partial charge in [-0.05, 0) is 32.1 Å². The molecule has 0 spiro atoms. The molecule has 2 aliphatic rings. The zero-order valence-corrected chi connectivity index (χ0v) is 12.1. The molecular formula is C14H24N2O4. The van der Waals surface area contributed by atoms with Gasteiger partial charge in [-0.1, -0.05) is 0 Å². The van der Waals surface area contributed by atoms with E-state index >= 15 is 0 Å². The van der Waals surface area contributed by atoms with E-state index in [9.17, 15) is 9.59 Å². The van der Waals surface area contributed by atoms with Crippen molar-refractivity contribution in [2.45, 2.75) is 38.7 Å². The van der Waals surface area contributed by atoms with E-state index in [1.807, 2.05) is 16.7 Å². The quantitative estimate of drug-likeness (QED) is 0.850. The molecule has 0 aromatic carbocycles. The van der Waals surface area contributed by atoms with Crippen molar-refractivity contribution < 1.29 is 19.4 Å². The third-order valence-electron chi connectivity index (χ3n) is 4.16. The fourth-order valence-corrected chi connectivity index (χ4v) is 2.93. The van der Waals surface area contributed by atoms with Crippen LogP contribution in [-0.4, -0.2) is 65.8 Å². The second kappa shape index (κ2) is 6.92. The number of carbonyl (C=O) groups excluding carboxylic acids is 1. The van der Waals surface area contributed by atoms with E-state index in [2.05, 4.69) is 0 Å². The van der Waals surface area contributed by atoms with Gasteiger partial charge < -0.3 is 19.6 Å². The van der Waals surface area contributed by atoms with Crippen molar-refractivity contribution in [2.24, 2.45) is 5.92 Å². The predicted molar refractivity (Wildman–Crippen MR) is 73.5 cm³/mol. The number of carbonyl (C=O) groups is 2. The number of amides is 2. The van der Waals surface area contributed by atoms with E-state index in [-0.39, 0.29) is 18.6 Å². The zero-order chi connectivity index (χ0) is 14.5. The van der Waals surface area contributed by atoms with Crippen LogP contribution in [0.4, 0.5) is 4.79 Å². The van der Waals surface area contributed by atoms with Gasteiger partial charge in [-0.3, -0.25) is 4.79 Å². The summed E-state index contributed by atoms with van der Waals surface area (Å²) in [6, 6.07) is 0.108. The van der Waals surface area contributed by atoms with Gasteiger partial charge in [-0.25, -0.2) is 4.79 Å². The van der Waals surface area contributed by atoms with Gasteiger partial charge in [0, 0.05) is 32.6 Å². The fraction of sp³-hybridized carbons (Fsp3) is 0.857. The summed E-state index contributed by atoms with van der Waals surface area (Å²) in [6.45, 7) is 5.42. The molecule has 6 heteroatoms. The zero-order valence-electron chi connectivity index (χ0n) is 12.1. The van der Waals surface area contributed by atoms with Crippen molar-refractivity contribution in [2.75, 3.05) is 32.8 Å². The lowest BCUT2D eigenvalue weighted by Gasteiger charge is -2.38. The normalized spacial score (nSPS) is 24.8. The van der Waals surface area contributed by atoms with Crippen LogP contribution in [-0.2, 0) is 9.53 Å². The first-order valence-corrected chi connectivity index (χ1v) is 7.43. The average Bonchev–Trinajstić information content (AvgIpc) is 2.45. The van der Waals surface area contributed by atoms with Gasteiger partial charge in [0.15, 0.2) is 0 Å². The number of rotatable bonds is 3. The molecule has 0 aliphatic carbocycles. The summed E-state index contributed by atoms with van der Waals surface area (Å²) in [6.07, 6.45) is 2.91. The summed E-state index contributed by atoms with van der Waals surface area (Å²) in [5.74, 6) is -0.287. The van der Waals surface area contributed by atoms with Crippen LogP contribution >= 0.6 is 0 Å². The van der Waals surface area contributed by atoms with Crippen molar-refractivity contribution in [3.05, 3.63) is 0 Å². The van der Waals surface area contributed by atoms with Gasteiger partial charge in [0.25, 0.3) is 0 Å². The number of nitrogens with zero attached hydrogens (tertiary/aromatic N) is 2. The number of aliphatic carboxylic acids is 1. The smallest absolute Gasteiger partial charge is 0.320 e. The summed E-state index contributed by atoms with van der Waals surface area (Å²) < 4.78 is 5.45. The number of carboxylic acid groups (broad SMARTS) is 1. The molecule has 114 valence electrons. The minimum atomic E-state index is -0.731. The molecule has 0 radical (unpaired) electrons. The molecule has 0 aromatic heterocycles. The Kier molecular flexibility index (Phi) is 5.23. The highest BCUT2D eigenvalue weighted by molar-refractivity contribution is 5.74. The Hall–Kier alpha value is -1.30. The molecule has 0 bridgehead atoms. The highest BCUT2D eigenvalue weighted by Crippen LogP contribution is 2.23. The minimum Gasteiger partial charge on any atom is -0.481 e. The van der Waals surface area contributed by atoms with Gasteiger partial charge in [0.2, 0.25) is 0 Å². The van der Waals surface area contributed by atoms with Crippen LogP contribution in [0.3, 0.4) is 0 Å². The number of morpholine rings is 1.